The zero-order valence-corrected chi connectivity index (χ0v) is 5.53. The fourth-order valence-corrected chi connectivity index (χ4v) is 0.670. The summed E-state index contributed by atoms with van der Waals surface area (Å²) in [5.74, 6) is 0. The quantitative estimate of drug-likeness (QED) is 0.630. The van der Waals surface area contributed by atoms with Crippen molar-refractivity contribution in [1.82, 2.24) is 0 Å². The van der Waals surface area contributed by atoms with E-state index in [9.17, 15) is 4.21 Å². The highest BCUT2D eigenvalue weighted by atomic mass is 32.2. The van der Waals surface area contributed by atoms with Crippen molar-refractivity contribution in [1.29, 1.82) is 4.78 Å². The summed E-state index contributed by atoms with van der Waals surface area (Å²) in [4.78, 5) is 0. The Hall–Kier alpha value is -0.350. The van der Waals surface area contributed by atoms with E-state index >= 15 is 0 Å². The van der Waals surface area contributed by atoms with Gasteiger partial charge in [-0.25, -0.2) is 8.99 Å². The van der Waals surface area contributed by atoms with E-state index in [0.717, 1.165) is 5.41 Å². The maximum Gasteiger partial charge on any atom is 0.183 e. The van der Waals surface area contributed by atoms with Crippen molar-refractivity contribution in [3.05, 3.63) is 12.0 Å². The summed E-state index contributed by atoms with van der Waals surface area (Å²) in [6.45, 7) is 5.13. The minimum atomic E-state index is -2.91. The van der Waals surface area contributed by atoms with Crippen molar-refractivity contribution in [2.45, 2.75) is 6.92 Å². The molecule has 0 bridgehead atoms. The van der Waals surface area contributed by atoms with Crippen LogP contribution in [0.25, 0.3) is 0 Å². The molecule has 0 aliphatic carbocycles. The van der Waals surface area contributed by atoms with Gasteiger partial charge in [-0.1, -0.05) is 6.58 Å². The monoisotopic (exact) mass is 135 g/mol. The van der Waals surface area contributed by atoms with Gasteiger partial charge >= 0.3 is 0 Å². The second kappa shape index (κ2) is 2.84. The zero-order chi connectivity index (χ0) is 6.62. The molecule has 0 rings (SSSR count). The van der Waals surface area contributed by atoms with Crippen LogP contribution in [0.4, 0.5) is 0 Å². The molecule has 0 saturated carbocycles. The minimum absolute atomic E-state index is 0.286. The summed E-state index contributed by atoms with van der Waals surface area (Å²) in [6, 6.07) is 0. The molecule has 8 heavy (non-hydrogen) atoms. The van der Waals surface area contributed by atoms with E-state index in [1.54, 1.807) is 6.92 Å². The lowest BCUT2D eigenvalue weighted by Crippen LogP contribution is -1.97. The molecule has 0 aliphatic heterocycles. The normalized spacial score (nSPS) is 17.1. The summed E-state index contributed by atoms with van der Waals surface area (Å²) in [6.07, 6.45) is 0. The van der Waals surface area contributed by atoms with E-state index in [-0.39, 0.29) is 6.61 Å². The molecule has 1 unspecified atom stereocenters. The third kappa shape index (κ3) is 2.76. The number of hydrogen-bond donors (Lipinski definition) is 1. The topological polar surface area (TPSA) is 50.2 Å². The summed E-state index contributed by atoms with van der Waals surface area (Å²) in [7, 11) is -2.91. The number of rotatable bonds is 3. The first-order valence-electron chi connectivity index (χ1n) is 2.18. The molecule has 48 valence electrons. The molecule has 0 fully saturated rings. The highest BCUT2D eigenvalue weighted by molar-refractivity contribution is 7.90. The van der Waals surface area contributed by atoms with E-state index in [1.165, 1.54) is 0 Å². The first kappa shape index (κ1) is 7.65. The van der Waals surface area contributed by atoms with Crippen LogP contribution in [-0.2, 0) is 14.2 Å². The Bertz CT molecular complexity index is 159. The lowest BCUT2D eigenvalue weighted by Gasteiger charge is -1.96. The van der Waals surface area contributed by atoms with Crippen LogP contribution >= 0.6 is 0 Å². The average molecular weight is 135 g/mol. The van der Waals surface area contributed by atoms with Gasteiger partial charge in [0.2, 0.25) is 0 Å². The van der Waals surface area contributed by atoms with Gasteiger partial charge in [0, 0.05) is 5.41 Å². The van der Waals surface area contributed by atoms with Crippen molar-refractivity contribution in [2.24, 2.45) is 0 Å². The molecule has 0 saturated heterocycles. The van der Waals surface area contributed by atoms with Gasteiger partial charge in [0.15, 0.2) is 10.0 Å². The Morgan fingerprint density at radius 2 is 2.50 bits per heavy atom. The Balaban J connectivity index is 3.95. The summed E-state index contributed by atoms with van der Waals surface area (Å²) in [5, 5.41) is 0.997. The van der Waals surface area contributed by atoms with E-state index in [4.69, 9.17) is 4.78 Å². The van der Waals surface area contributed by atoms with Gasteiger partial charge in [-0.3, -0.25) is 4.18 Å². The van der Waals surface area contributed by atoms with Gasteiger partial charge in [-0.2, -0.15) is 0 Å². The molecule has 0 radical (unpaired) electrons. The fraction of sp³-hybridized carbons (Fsp3) is 0.500. The molecular formula is C4H9NO2S. The zero-order valence-electron chi connectivity index (χ0n) is 4.72. The first-order chi connectivity index (χ1) is 3.62. The summed E-state index contributed by atoms with van der Waals surface area (Å²) < 4.78 is 21.7. The Morgan fingerprint density at radius 3 is 2.62 bits per heavy atom. The Labute approximate surface area is 49.5 Å². The van der Waals surface area contributed by atoms with Crippen LogP contribution in [0.1, 0.15) is 6.92 Å². The van der Waals surface area contributed by atoms with Crippen LogP contribution in [0.2, 0.25) is 0 Å². The molecule has 0 amide bonds. The van der Waals surface area contributed by atoms with Crippen LogP contribution in [0.3, 0.4) is 0 Å². The van der Waals surface area contributed by atoms with Gasteiger partial charge in [-0.15, -0.1) is 0 Å². The molecule has 0 spiro atoms. The lowest BCUT2D eigenvalue weighted by molar-refractivity contribution is 0.368. The van der Waals surface area contributed by atoms with Crippen LogP contribution in [-0.4, -0.2) is 10.8 Å². The molecule has 0 aliphatic rings. The fourth-order valence-electron chi connectivity index (χ4n) is 0.223. The average Bonchev–Trinajstić information content (AvgIpc) is 1.67. The van der Waals surface area contributed by atoms with Gasteiger partial charge < -0.3 is 0 Å². The molecule has 4 heteroatoms. The molecule has 0 aromatic heterocycles. The maximum absolute atomic E-state index is 10.5. The number of nitrogens with one attached hydrogen (secondary N) is 1. The third-order valence-electron chi connectivity index (χ3n) is 0.512. The van der Waals surface area contributed by atoms with Crippen LogP contribution in [0, 0.1) is 4.78 Å². The molecule has 0 heterocycles. The van der Waals surface area contributed by atoms with Crippen LogP contribution in [0.5, 0.6) is 0 Å². The molecule has 3 nitrogen and oxygen atoms in total. The van der Waals surface area contributed by atoms with Crippen molar-refractivity contribution in [3.8, 4) is 0 Å². The van der Waals surface area contributed by atoms with Crippen molar-refractivity contribution >= 4 is 10.0 Å². The molecule has 0 aromatic carbocycles. The van der Waals surface area contributed by atoms with E-state index in [1.807, 2.05) is 0 Å². The molecule has 0 aromatic rings. The summed E-state index contributed by atoms with van der Waals surface area (Å²) >= 11 is 0. The highest BCUT2D eigenvalue weighted by Gasteiger charge is 1.93. The summed E-state index contributed by atoms with van der Waals surface area (Å²) in [5.41, 5.74) is 0. The predicted molar refractivity (Wildman–Crippen MR) is 32.7 cm³/mol. The van der Waals surface area contributed by atoms with Crippen molar-refractivity contribution in [3.63, 3.8) is 0 Å². The van der Waals surface area contributed by atoms with Gasteiger partial charge in [0.1, 0.15) is 0 Å². The van der Waals surface area contributed by atoms with Gasteiger partial charge in [0.05, 0.1) is 6.61 Å². The van der Waals surface area contributed by atoms with E-state index in [0.29, 0.717) is 0 Å². The SMILES string of the molecule is C=CS(=N)(=O)OCC. The minimum Gasteiger partial charge on any atom is -0.282 e. The van der Waals surface area contributed by atoms with Crippen LogP contribution in [0.15, 0.2) is 12.0 Å². The largest absolute Gasteiger partial charge is 0.282 e. The smallest absolute Gasteiger partial charge is 0.183 e. The van der Waals surface area contributed by atoms with E-state index < -0.39 is 10.0 Å². The van der Waals surface area contributed by atoms with Crippen molar-refractivity contribution < 1.29 is 8.39 Å². The Kier molecular flexibility index (Phi) is 2.71. The first-order valence-corrected chi connectivity index (χ1v) is 3.72. The second-order valence-corrected chi connectivity index (χ2v) is 2.78. The predicted octanol–water partition coefficient (Wildman–Crippen LogP) is 1.13. The molecular weight excluding hydrogens is 126 g/mol. The Morgan fingerprint density at radius 1 is 2.00 bits per heavy atom. The van der Waals surface area contributed by atoms with Crippen LogP contribution < -0.4 is 0 Å². The highest BCUT2D eigenvalue weighted by Crippen LogP contribution is 1.92. The van der Waals surface area contributed by atoms with Crippen molar-refractivity contribution in [2.75, 3.05) is 6.61 Å². The maximum atomic E-state index is 10.5. The number of hydrogen-bond acceptors (Lipinski definition) is 3. The second-order valence-electron chi connectivity index (χ2n) is 1.12. The van der Waals surface area contributed by atoms with Gasteiger partial charge in [0.25, 0.3) is 0 Å². The third-order valence-corrected chi connectivity index (χ3v) is 1.54. The van der Waals surface area contributed by atoms with E-state index in [2.05, 4.69) is 10.8 Å². The van der Waals surface area contributed by atoms with Gasteiger partial charge in [-0.05, 0) is 6.92 Å². The lowest BCUT2D eigenvalue weighted by atomic mass is 10.9. The standard InChI is InChI=1S/C4H9NO2S/c1-3-7-8(5,6)4-2/h4-5H,2-3H2,1H3. The molecule has 1 atom stereocenters. The molecule has 1 N–H and O–H groups in total.